The maximum absolute atomic E-state index is 11.5. The average Bonchev–Trinajstić information content (AvgIpc) is 2.45. The number of amides is 1. The normalized spacial score (nSPS) is 10.2. The molecule has 0 fully saturated rings. The van der Waals surface area contributed by atoms with Gasteiger partial charge < -0.3 is 20.5 Å². The molecule has 1 aromatic rings. The molecule has 0 aliphatic carbocycles. The first-order valence-corrected chi connectivity index (χ1v) is 7.06. The first-order valence-electron chi connectivity index (χ1n) is 7.06. The highest BCUT2D eigenvalue weighted by Gasteiger charge is 2.08. The highest BCUT2D eigenvalue weighted by atomic mass is 16.5. The number of nitrogens with two attached hydrogens (primary N) is 1. The molecular weight excluding hydrogens is 256 g/mol. The van der Waals surface area contributed by atoms with Crippen LogP contribution in [0.15, 0.2) is 18.2 Å². The Balaban J connectivity index is 2.74. The van der Waals surface area contributed by atoms with Crippen molar-refractivity contribution in [1.82, 2.24) is 5.32 Å². The predicted octanol–water partition coefficient (Wildman–Crippen LogP) is 1.49. The lowest BCUT2D eigenvalue weighted by molar-refractivity contribution is -0.122. The van der Waals surface area contributed by atoms with Crippen LogP contribution in [0.4, 0.5) is 0 Å². The number of ether oxygens (including phenoxy) is 2. The minimum absolute atomic E-state index is 0.00262. The molecule has 1 aromatic carbocycles. The zero-order valence-corrected chi connectivity index (χ0v) is 12.3. The second-order valence-corrected chi connectivity index (χ2v) is 4.40. The molecule has 1 amide bonds. The Kier molecular flexibility index (Phi) is 7.50. The van der Waals surface area contributed by atoms with Crippen molar-refractivity contribution >= 4 is 5.91 Å². The molecule has 0 aliphatic heterocycles. The lowest BCUT2D eigenvalue weighted by Crippen LogP contribution is -2.28. The molecule has 1 rings (SSSR count). The molecule has 20 heavy (non-hydrogen) atoms. The molecule has 0 atom stereocenters. The van der Waals surface area contributed by atoms with Crippen molar-refractivity contribution in [3.63, 3.8) is 0 Å². The van der Waals surface area contributed by atoms with Gasteiger partial charge in [0.15, 0.2) is 6.61 Å². The number of benzene rings is 1. The zero-order chi connectivity index (χ0) is 14.8. The fourth-order valence-electron chi connectivity index (χ4n) is 1.73. The highest BCUT2D eigenvalue weighted by Crippen LogP contribution is 2.25. The number of nitrogens with one attached hydrogen (secondary N) is 1. The van der Waals surface area contributed by atoms with Crippen molar-refractivity contribution in [2.75, 3.05) is 26.3 Å². The zero-order valence-electron chi connectivity index (χ0n) is 12.3. The fourth-order valence-corrected chi connectivity index (χ4v) is 1.73. The molecule has 0 aromatic heterocycles. The van der Waals surface area contributed by atoms with Crippen molar-refractivity contribution in [3.8, 4) is 11.5 Å². The standard InChI is InChI=1S/C15H24N2O3/c1-3-9-19-13-6-5-12(7-8-16)14(10-13)20-11-15(18)17-4-2/h5-6,10H,3-4,7-9,11,16H2,1-2H3,(H,17,18). The first kappa shape index (κ1) is 16.3. The summed E-state index contributed by atoms with van der Waals surface area (Å²) in [5.74, 6) is 1.28. The van der Waals surface area contributed by atoms with Crippen LogP contribution >= 0.6 is 0 Å². The lowest BCUT2D eigenvalue weighted by Gasteiger charge is -2.13. The van der Waals surface area contributed by atoms with Crippen LogP contribution in [0.25, 0.3) is 0 Å². The second-order valence-electron chi connectivity index (χ2n) is 4.40. The van der Waals surface area contributed by atoms with Gasteiger partial charge in [0.1, 0.15) is 11.5 Å². The van der Waals surface area contributed by atoms with Crippen LogP contribution in [0.3, 0.4) is 0 Å². The predicted molar refractivity (Wildman–Crippen MR) is 79.2 cm³/mol. The van der Waals surface area contributed by atoms with E-state index in [1.165, 1.54) is 0 Å². The van der Waals surface area contributed by atoms with E-state index in [0.29, 0.717) is 31.9 Å². The Morgan fingerprint density at radius 2 is 2.10 bits per heavy atom. The summed E-state index contributed by atoms with van der Waals surface area (Å²) in [6.45, 7) is 5.71. The average molecular weight is 280 g/mol. The summed E-state index contributed by atoms with van der Waals surface area (Å²) in [7, 11) is 0. The summed E-state index contributed by atoms with van der Waals surface area (Å²) in [5, 5.41) is 2.70. The molecule has 0 saturated carbocycles. The Morgan fingerprint density at radius 3 is 2.75 bits per heavy atom. The van der Waals surface area contributed by atoms with E-state index in [-0.39, 0.29) is 12.5 Å². The van der Waals surface area contributed by atoms with Gasteiger partial charge in [-0.05, 0) is 37.9 Å². The quantitative estimate of drug-likeness (QED) is 0.719. The second kappa shape index (κ2) is 9.20. The van der Waals surface area contributed by atoms with Gasteiger partial charge in [-0.25, -0.2) is 0 Å². The maximum atomic E-state index is 11.5. The fraction of sp³-hybridized carbons (Fsp3) is 0.533. The van der Waals surface area contributed by atoms with E-state index >= 15 is 0 Å². The van der Waals surface area contributed by atoms with Crippen molar-refractivity contribution in [3.05, 3.63) is 23.8 Å². The summed E-state index contributed by atoms with van der Waals surface area (Å²) in [6, 6.07) is 5.66. The van der Waals surface area contributed by atoms with E-state index < -0.39 is 0 Å². The van der Waals surface area contributed by atoms with Gasteiger partial charge in [-0.3, -0.25) is 4.79 Å². The molecule has 112 valence electrons. The van der Waals surface area contributed by atoms with E-state index in [9.17, 15) is 4.79 Å². The van der Waals surface area contributed by atoms with Crippen LogP contribution in [0.1, 0.15) is 25.8 Å². The van der Waals surface area contributed by atoms with Crippen molar-refractivity contribution < 1.29 is 14.3 Å². The van der Waals surface area contributed by atoms with Gasteiger partial charge in [0.05, 0.1) is 6.61 Å². The number of carbonyl (C=O) groups excluding carboxylic acids is 1. The van der Waals surface area contributed by atoms with E-state index in [1.54, 1.807) is 0 Å². The third kappa shape index (κ3) is 5.48. The lowest BCUT2D eigenvalue weighted by atomic mass is 10.1. The van der Waals surface area contributed by atoms with Crippen molar-refractivity contribution in [2.24, 2.45) is 5.73 Å². The first-order chi connectivity index (χ1) is 9.71. The maximum Gasteiger partial charge on any atom is 0.257 e. The highest BCUT2D eigenvalue weighted by molar-refractivity contribution is 5.77. The summed E-state index contributed by atoms with van der Waals surface area (Å²) in [4.78, 5) is 11.5. The molecule has 0 heterocycles. The summed E-state index contributed by atoms with van der Waals surface area (Å²) >= 11 is 0. The third-order valence-corrected chi connectivity index (χ3v) is 2.66. The van der Waals surface area contributed by atoms with Crippen LogP contribution in [0, 0.1) is 0 Å². The van der Waals surface area contributed by atoms with Gasteiger partial charge in [-0.1, -0.05) is 13.0 Å². The number of carbonyl (C=O) groups is 1. The Hall–Kier alpha value is -1.75. The van der Waals surface area contributed by atoms with Crippen LogP contribution in [0.5, 0.6) is 11.5 Å². The minimum atomic E-state index is -0.133. The number of likely N-dealkylation sites (N-methyl/N-ethyl adjacent to an activating group) is 1. The molecule has 5 heteroatoms. The Labute approximate surface area is 120 Å². The van der Waals surface area contributed by atoms with E-state index in [4.69, 9.17) is 15.2 Å². The summed E-state index contributed by atoms with van der Waals surface area (Å²) in [6.07, 6.45) is 1.65. The molecule has 0 unspecified atom stereocenters. The SMILES string of the molecule is CCCOc1ccc(CCN)c(OCC(=O)NCC)c1. The molecule has 0 spiro atoms. The van der Waals surface area contributed by atoms with Gasteiger partial charge in [0, 0.05) is 12.6 Å². The van der Waals surface area contributed by atoms with Crippen LogP contribution in [-0.4, -0.2) is 32.2 Å². The molecule has 0 bridgehead atoms. The number of hydrogen-bond acceptors (Lipinski definition) is 4. The van der Waals surface area contributed by atoms with Crippen LogP contribution < -0.4 is 20.5 Å². The molecule has 0 radical (unpaired) electrons. The molecule has 0 saturated heterocycles. The summed E-state index contributed by atoms with van der Waals surface area (Å²) in [5.41, 5.74) is 6.57. The van der Waals surface area contributed by atoms with Crippen molar-refractivity contribution in [1.29, 1.82) is 0 Å². The molecule has 3 N–H and O–H groups in total. The van der Waals surface area contributed by atoms with Crippen molar-refractivity contribution in [2.45, 2.75) is 26.7 Å². The van der Waals surface area contributed by atoms with Gasteiger partial charge in [-0.15, -0.1) is 0 Å². The van der Waals surface area contributed by atoms with E-state index in [1.807, 2.05) is 25.1 Å². The van der Waals surface area contributed by atoms with Gasteiger partial charge in [-0.2, -0.15) is 0 Å². The van der Waals surface area contributed by atoms with E-state index in [0.717, 1.165) is 17.7 Å². The smallest absolute Gasteiger partial charge is 0.257 e. The number of rotatable bonds is 9. The van der Waals surface area contributed by atoms with E-state index in [2.05, 4.69) is 12.2 Å². The monoisotopic (exact) mass is 280 g/mol. The topological polar surface area (TPSA) is 73.6 Å². The van der Waals surface area contributed by atoms with Crippen LogP contribution in [0.2, 0.25) is 0 Å². The molecular formula is C15H24N2O3. The van der Waals surface area contributed by atoms with Gasteiger partial charge >= 0.3 is 0 Å². The largest absolute Gasteiger partial charge is 0.493 e. The number of hydrogen-bond donors (Lipinski definition) is 2. The third-order valence-electron chi connectivity index (χ3n) is 2.66. The Morgan fingerprint density at radius 1 is 1.30 bits per heavy atom. The minimum Gasteiger partial charge on any atom is -0.493 e. The summed E-state index contributed by atoms with van der Waals surface area (Å²) < 4.78 is 11.1. The van der Waals surface area contributed by atoms with Gasteiger partial charge in [0.2, 0.25) is 0 Å². The Bertz CT molecular complexity index is 422. The molecule has 5 nitrogen and oxygen atoms in total. The van der Waals surface area contributed by atoms with Gasteiger partial charge in [0.25, 0.3) is 5.91 Å². The molecule has 0 aliphatic rings. The van der Waals surface area contributed by atoms with Crippen LogP contribution in [-0.2, 0) is 11.2 Å².